The molecule has 1 fully saturated rings. The van der Waals surface area contributed by atoms with Crippen LogP contribution in [0.25, 0.3) is 0 Å². The first-order chi connectivity index (χ1) is 7.80. The van der Waals surface area contributed by atoms with Crippen molar-refractivity contribution in [3.8, 4) is 0 Å². The molecule has 0 aromatic rings. The van der Waals surface area contributed by atoms with Crippen molar-refractivity contribution in [2.75, 3.05) is 26.5 Å². The quantitative estimate of drug-likeness (QED) is 0.730. The molecule has 7 heteroatoms. The average Bonchev–Trinajstić information content (AvgIpc) is 2.68. The van der Waals surface area contributed by atoms with Gasteiger partial charge in [-0.15, -0.1) is 0 Å². The van der Waals surface area contributed by atoms with E-state index in [0.717, 1.165) is 30.0 Å². The maximum Gasteiger partial charge on any atom is 0.235 e. The summed E-state index contributed by atoms with van der Waals surface area (Å²) in [6.45, 7) is 2.44. The second-order valence-corrected chi connectivity index (χ2v) is 6.52. The van der Waals surface area contributed by atoms with Gasteiger partial charge in [-0.05, 0) is 19.8 Å². The SMILES string of the molecule is C[C@H](NC(=O)CN(C)S(C)(=O)=O)[C@H]1CCCO1. The highest BCUT2D eigenvalue weighted by Crippen LogP contribution is 2.15. The highest BCUT2D eigenvalue weighted by atomic mass is 32.2. The number of hydrogen-bond donors (Lipinski definition) is 1. The predicted octanol–water partition coefficient (Wildman–Crippen LogP) is -0.438. The minimum Gasteiger partial charge on any atom is -0.376 e. The van der Waals surface area contributed by atoms with Crippen LogP contribution < -0.4 is 5.32 Å². The van der Waals surface area contributed by atoms with Crippen LogP contribution in [0.2, 0.25) is 0 Å². The Kier molecular flexibility index (Phi) is 4.91. The van der Waals surface area contributed by atoms with Crippen molar-refractivity contribution in [3.05, 3.63) is 0 Å². The van der Waals surface area contributed by atoms with E-state index in [2.05, 4.69) is 5.32 Å². The van der Waals surface area contributed by atoms with Gasteiger partial charge < -0.3 is 10.1 Å². The Morgan fingerprint density at radius 3 is 2.71 bits per heavy atom. The van der Waals surface area contributed by atoms with Gasteiger partial charge in [0.25, 0.3) is 0 Å². The Morgan fingerprint density at radius 1 is 1.59 bits per heavy atom. The van der Waals surface area contributed by atoms with Crippen molar-refractivity contribution >= 4 is 15.9 Å². The van der Waals surface area contributed by atoms with Crippen LogP contribution in [-0.2, 0) is 19.6 Å². The van der Waals surface area contributed by atoms with Crippen LogP contribution in [0.3, 0.4) is 0 Å². The summed E-state index contributed by atoms with van der Waals surface area (Å²) in [5, 5.41) is 2.75. The van der Waals surface area contributed by atoms with Gasteiger partial charge in [0.2, 0.25) is 15.9 Å². The van der Waals surface area contributed by atoms with Gasteiger partial charge >= 0.3 is 0 Å². The summed E-state index contributed by atoms with van der Waals surface area (Å²) in [4.78, 5) is 11.6. The lowest BCUT2D eigenvalue weighted by atomic mass is 10.1. The molecule has 1 rings (SSSR count). The van der Waals surface area contributed by atoms with Gasteiger partial charge in [-0.25, -0.2) is 8.42 Å². The summed E-state index contributed by atoms with van der Waals surface area (Å²) in [6, 6.07) is -0.0852. The van der Waals surface area contributed by atoms with Crippen LogP contribution in [0, 0.1) is 0 Å². The summed E-state index contributed by atoms with van der Waals surface area (Å²) < 4.78 is 28.7. The Bertz CT molecular complexity index is 363. The molecule has 1 aliphatic heterocycles. The fourth-order valence-electron chi connectivity index (χ4n) is 1.71. The van der Waals surface area contributed by atoms with Crippen molar-refractivity contribution < 1.29 is 17.9 Å². The van der Waals surface area contributed by atoms with Crippen LogP contribution >= 0.6 is 0 Å². The van der Waals surface area contributed by atoms with E-state index in [1.54, 1.807) is 0 Å². The monoisotopic (exact) mass is 264 g/mol. The van der Waals surface area contributed by atoms with Gasteiger partial charge in [0.15, 0.2) is 0 Å². The third kappa shape index (κ3) is 4.61. The van der Waals surface area contributed by atoms with Gasteiger partial charge in [-0.3, -0.25) is 4.79 Å². The second kappa shape index (κ2) is 5.79. The van der Waals surface area contributed by atoms with Crippen molar-refractivity contribution in [2.24, 2.45) is 0 Å². The second-order valence-electron chi connectivity index (χ2n) is 4.43. The van der Waals surface area contributed by atoms with E-state index in [0.29, 0.717) is 0 Å². The van der Waals surface area contributed by atoms with Crippen molar-refractivity contribution in [1.29, 1.82) is 0 Å². The highest BCUT2D eigenvalue weighted by molar-refractivity contribution is 7.88. The molecule has 1 amide bonds. The molecule has 1 heterocycles. The number of carbonyl (C=O) groups is 1. The molecule has 0 unspecified atom stereocenters. The van der Waals surface area contributed by atoms with Crippen LogP contribution in [0.4, 0.5) is 0 Å². The first-order valence-electron chi connectivity index (χ1n) is 5.63. The molecule has 0 bridgehead atoms. The number of ether oxygens (including phenoxy) is 1. The summed E-state index contributed by atoms with van der Waals surface area (Å²) in [5.41, 5.74) is 0. The lowest BCUT2D eigenvalue weighted by Gasteiger charge is -2.21. The number of amides is 1. The van der Waals surface area contributed by atoms with E-state index in [1.165, 1.54) is 7.05 Å². The Labute approximate surface area is 102 Å². The molecule has 6 nitrogen and oxygen atoms in total. The Balaban J connectivity index is 2.38. The number of rotatable bonds is 5. The van der Waals surface area contributed by atoms with Crippen LogP contribution in [0.1, 0.15) is 19.8 Å². The molecule has 0 aromatic heterocycles. The predicted molar refractivity (Wildman–Crippen MR) is 64.1 cm³/mol. The van der Waals surface area contributed by atoms with Crippen molar-refractivity contribution in [2.45, 2.75) is 31.9 Å². The number of sulfonamides is 1. The van der Waals surface area contributed by atoms with Gasteiger partial charge in [0.1, 0.15) is 0 Å². The average molecular weight is 264 g/mol. The van der Waals surface area contributed by atoms with Gasteiger partial charge in [-0.1, -0.05) is 0 Å². The number of likely N-dealkylation sites (N-methyl/N-ethyl adjacent to an activating group) is 1. The minimum atomic E-state index is -3.31. The van der Waals surface area contributed by atoms with Crippen molar-refractivity contribution in [1.82, 2.24) is 9.62 Å². The fourth-order valence-corrected chi connectivity index (χ4v) is 2.06. The molecule has 0 spiro atoms. The summed E-state index contributed by atoms with van der Waals surface area (Å²) in [5.74, 6) is -0.305. The van der Waals surface area contributed by atoms with E-state index in [1.807, 2.05) is 6.92 Å². The molecule has 100 valence electrons. The topological polar surface area (TPSA) is 75.7 Å². The largest absolute Gasteiger partial charge is 0.376 e. The molecule has 0 radical (unpaired) electrons. The molecular formula is C10H20N2O4S. The minimum absolute atomic E-state index is 0.0440. The standard InChI is InChI=1S/C10H20N2O4S/c1-8(9-5-4-6-16-9)11-10(13)7-12(2)17(3,14)15/h8-9H,4-7H2,1-3H3,(H,11,13)/t8-,9+/m0/s1. The molecule has 1 N–H and O–H groups in total. The number of hydrogen-bond acceptors (Lipinski definition) is 4. The molecule has 0 saturated carbocycles. The van der Waals surface area contributed by atoms with Crippen LogP contribution in [0.5, 0.6) is 0 Å². The molecular weight excluding hydrogens is 244 g/mol. The van der Waals surface area contributed by atoms with Gasteiger partial charge in [0.05, 0.1) is 24.9 Å². The third-order valence-electron chi connectivity index (χ3n) is 2.84. The normalized spacial score (nSPS) is 22.7. The number of nitrogens with zero attached hydrogens (tertiary/aromatic N) is 1. The lowest BCUT2D eigenvalue weighted by molar-refractivity contribution is -0.122. The number of carbonyl (C=O) groups excluding carboxylic acids is 1. The van der Waals surface area contributed by atoms with E-state index in [9.17, 15) is 13.2 Å². The van der Waals surface area contributed by atoms with E-state index < -0.39 is 10.0 Å². The Morgan fingerprint density at radius 2 is 2.24 bits per heavy atom. The van der Waals surface area contributed by atoms with Crippen molar-refractivity contribution in [3.63, 3.8) is 0 Å². The molecule has 0 aromatic carbocycles. The fraction of sp³-hybridized carbons (Fsp3) is 0.900. The molecule has 2 atom stereocenters. The zero-order valence-electron chi connectivity index (χ0n) is 10.5. The maximum absolute atomic E-state index is 11.6. The number of nitrogens with one attached hydrogen (secondary N) is 1. The zero-order chi connectivity index (χ0) is 13.1. The smallest absolute Gasteiger partial charge is 0.235 e. The van der Waals surface area contributed by atoms with E-state index in [-0.39, 0.29) is 24.6 Å². The summed E-state index contributed by atoms with van der Waals surface area (Å²) in [6.07, 6.45) is 3.06. The van der Waals surface area contributed by atoms with Crippen LogP contribution in [0.15, 0.2) is 0 Å². The van der Waals surface area contributed by atoms with E-state index >= 15 is 0 Å². The molecule has 1 aliphatic rings. The first kappa shape index (κ1) is 14.4. The maximum atomic E-state index is 11.6. The lowest BCUT2D eigenvalue weighted by Crippen LogP contribution is -2.45. The molecule has 1 saturated heterocycles. The highest BCUT2D eigenvalue weighted by Gasteiger charge is 2.24. The van der Waals surface area contributed by atoms with Gasteiger partial charge in [-0.2, -0.15) is 4.31 Å². The summed E-state index contributed by atoms with van der Waals surface area (Å²) >= 11 is 0. The molecule has 0 aliphatic carbocycles. The Hall–Kier alpha value is -0.660. The van der Waals surface area contributed by atoms with E-state index in [4.69, 9.17) is 4.74 Å². The summed E-state index contributed by atoms with van der Waals surface area (Å²) in [7, 11) is -1.93. The first-order valence-corrected chi connectivity index (χ1v) is 7.48. The molecule has 17 heavy (non-hydrogen) atoms. The zero-order valence-corrected chi connectivity index (χ0v) is 11.3. The third-order valence-corrected chi connectivity index (χ3v) is 4.11. The van der Waals surface area contributed by atoms with Gasteiger partial charge in [0, 0.05) is 13.7 Å². The van der Waals surface area contributed by atoms with Crippen LogP contribution in [-0.4, -0.2) is 57.2 Å².